The van der Waals surface area contributed by atoms with Crippen molar-refractivity contribution in [3.8, 4) is 5.75 Å². The van der Waals surface area contributed by atoms with E-state index >= 15 is 0 Å². The number of rotatable bonds is 2. The molecule has 2 heteroatoms. The van der Waals surface area contributed by atoms with Gasteiger partial charge in [-0.2, -0.15) is 0 Å². The Morgan fingerprint density at radius 2 is 1.92 bits per heavy atom. The van der Waals surface area contributed by atoms with Crippen molar-refractivity contribution in [2.24, 2.45) is 0 Å². The van der Waals surface area contributed by atoms with Crippen LogP contribution in [0.2, 0.25) is 5.02 Å². The average molecular weight is 185 g/mol. The van der Waals surface area contributed by atoms with Crippen LogP contribution in [0.3, 0.4) is 0 Å². The number of ether oxygens (including phenoxy) is 1. The zero-order valence-corrected chi connectivity index (χ0v) is 8.40. The topological polar surface area (TPSA) is 9.23 Å². The standard InChI is InChI=1S/C10H13ClO/c1-4-12-10-6-5-9(11)7(2)8(10)3/h5-6H,4H2,1-3H3. The van der Waals surface area contributed by atoms with Gasteiger partial charge in [0.2, 0.25) is 0 Å². The first kappa shape index (κ1) is 9.40. The van der Waals surface area contributed by atoms with Crippen molar-refractivity contribution < 1.29 is 4.74 Å². The molecule has 1 nitrogen and oxygen atoms in total. The Labute approximate surface area is 78.3 Å². The number of hydrogen-bond acceptors (Lipinski definition) is 1. The second-order valence-electron chi connectivity index (χ2n) is 2.73. The van der Waals surface area contributed by atoms with Gasteiger partial charge in [-0.05, 0) is 44.0 Å². The molecule has 0 radical (unpaired) electrons. The van der Waals surface area contributed by atoms with Crippen molar-refractivity contribution >= 4 is 11.6 Å². The molecule has 0 spiro atoms. The monoisotopic (exact) mass is 184 g/mol. The molecule has 0 atom stereocenters. The van der Waals surface area contributed by atoms with Crippen LogP contribution in [-0.4, -0.2) is 6.61 Å². The first-order chi connectivity index (χ1) is 5.66. The summed E-state index contributed by atoms with van der Waals surface area (Å²) in [6, 6.07) is 3.78. The highest BCUT2D eigenvalue weighted by Gasteiger charge is 2.04. The van der Waals surface area contributed by atoms with Crippen LogP contribution in [0.15, 0.2) is 12.1 Å². The van der Waals surface area contributed by atoms with Crippen LogP contribution in [0.1, 0.15) is 18.1 Å². The van der Waals surface area contributed by atoms with Gasteiger partial charge in [0.1, 0.15) is 5.75 Å². The predicted octanol–water partition coefficient (Wildman–Crippen LogP) is 3.36. The van der Waals surface area contributed by atoms with E-state index in [1.807, 2.05) is 32.9 Å². The first-order valence-electron chi connectivity index (χ1n) is 4.05. The van der Waals surface area contributed by atoms with Crippen LogP contribution < -0.4 is 4.74 Å². The second-order valence-corrected chi connectivity index (χ2v) is 3.14. The minimum atomic E-state index is 0.696. The van der Waals surface area contributed by atoms with Gasteiger partial charge in [0.05, 0.1) is 6.61 Å². The quantitative estimate of drug-likeness (QED) is 0.685. The summed E-state index contributed by atoms with van der Waals surface area (Å²) in [6.45, 7) is 6.69. The average Bonchev–Trinajstić information content (AvgIpc) is 2.07. The van der Waals surface area contributed by atoms with Crippen molar-refractivity contribution in [2.45, 2.75) is 20.8 Å². The van der Waals surface area contributed by atoms with Crippen LogP contribution in [0.25, 0.3) is 0 Å². The molecule has 0 bridgehead atoms. The molecule has 1 aromatic rings. The van der Waals surface area contributed by atoms with Crippen molar-refractivity contribution in [1.82, 2.24) is 0 Å². The Morgan fingerprint density at radius 1 is 1.25 bits per heavy atom. The Morgan fingerprint density at radius 3 is 2.50 bits per heavy atom. The highest BCUT2D eigenvalue weighted by Crippen LogP contribution is 2.26. The fourth-order valence-corrected chi connectivity index (χ4v) is 1.28. The van der Waals surface area contributed by atoms with Gasteiger partial charge in [-0.3, -0.25) is 0 Å². The van der Waals surface area contributed by atoms with Gasteiger partial charge in [0, 0.05) is 5.02 Å². The van der Waals surface area contributed by atoms with Gasteiger partial charge in [-0.25, -0.2) is 0 Å². The van der Waals surface area contributed by atoms with Gasteiger partial charge >= 0.3 is 0 Å². The van der Waals surface area contributed by atoms with E-state index in [4.69, 9.17) is 16.3 Å². The number of hydrogen-bond donors (Lipinski definition) is 0. The van der Waals surface area contributed by atoms with E-state index in [1.165, 1.54) is 0 Å². The summed E-state index contributed by atoms with van der Waals surface area (Å²) in [5.41, 5.74) is 2.23. The molecule has 0 heterocycles. The lowest BCUT2D eigenvalue weighted by Gasteiger charge is -2.09. The Kier molecular flexibility index (Phi) is 2.99. The zero-order chi connectivity index (χ0) is 9.14. The van der Waals surface area contributed by atoms with E-state index in [1.54, 1.807) is 0 Å². The highest BCUT2D eigenvalue weighted by molar-refractivity contribution is 6.31. The summed E-state index contributed by atoms with van der Waals surface area (Å²) < 4.78 is 5.41. The van der Waals surface area contributed by atoms with Crippen molar-refractivity contribution in [3.63, 3.8) is 0 Å². The fourth-order valence-electron chi connectivity index (χ4n) is 1.07. The molecule has 1 rings (SSSR count). The van der Waals surface area contributed by atoms with Gasteiger partial charge in [-0.15, -0.1) is 0 Å². The second kappa shape index (κ2) is 3.81. The van der Waals surface area contributed by atoms with Crippen LogP contribution in [0.5, 0.6) is 5.75 Å². The Balaban J connectivity index is 3.08. The third kappa shape index (κ3) is 1.72. The van der Waals surface area contributed by atoms with Gasteiger partial charge < -0.3 is 4.74 Å². The van der Waals surface area contributed by atoms with E-state index in [0.29, 0.717) is 6.61 Å². The molecule has 0 aliphatic rings. The minimum Gasteiger partial charge on any atom is -0.494 e. The fraction of sp³-hybridized carbons (Fsp3) is 0.400. The van der Waals surface area contributed by atoms with E-state index in [0.717, 1.165) is 21.9 Å². The summed E-state index contributed by atoms with van der Waals surface area (Å²) >= 11 is 5.93. The summed E-state index contributed by atoms with van der Waals surface area (Å²) in [6.07, 6.45) is 0. The van der Waals surface area contributed by atoms with Crippen LogP contribution >= 0.6 is 11.6 Å². The van der Waals surface area contributed by atoms with Crippen molar-refractivity contribution in [3.05, 3.63) is 28.3 Å². The summed E-state index contributed by atoms with van der Waals surface area (Å²) in [4.78, 5) is 0. The maximum atomic E-state index is 5.93. The van der Waals surface area contributed by atoms with Crippen LogP contribution in [0, 0.1) is 13.8 Å². The summed E-state index contributed by atoms with van der Waals surface area (Å²) in [5.74, 6) is 0.930. The highest BCUT2D eigenvalue weighted by atomic mass is 35.5. The van der Waals surface area contributed by atoms with Gasteiger partial charge in [0.15, 0.2) is 0 Å². The van der Waals surface area contributed by atoms with E-state index in [9.17, 15) is 0 Å². The van der Waals surface area contributed by atoms with Gasteiger partial charge in [0.25, 0.3) is 0 Å². The number of benzene rings is 1. The molecule has 0 aliphatic carbocycles. The first-order valence-corrected chi connectivity index (χ1v) is 4.43. The van der Waals surface area contributed by atoms with E-state index in [-0.39, 0.29) is 0 Å². The lowest BCUT2D eigenvalue weighted by Crippen LogP contribution is -1.95. The summed E-state index contributed by atoms with van der Waals surface area (Å²) in [7, 11) is 0. The predicted molar refractivity (Wildman–Crippen MR) is 52.1 cm³/mol. The zero-order valence-electron chi connectivity index (χ0n) is 7.65. The molecule has 0 saturated heterocycles. The third-order valence-electron chi connectivity index (χ3n) is 1.97. The molecule has 12 heavy (non-hydrogen) atoms. The Bertz CT molecular complexity index is 281. The molecule has 1 aromatic carbocycles. The van der Waals surface area contributed by atoms with Crippen LogP contribution in [-0.2, 0) is 0 Å². The van der Waals surface area contributed by atoms with E-state index < -0.39 is 0 Å². The largest absolute Gasteiger partial charge is 0.494 e. The van der Waals surface area contributed by atoms with Gasteiger partial charge in [-0.1, -0.05) is 11.6 Å². The number of halogens is 1. The molecular weight excluding hydrogens is 172 g/mol. The van der Waals surface area contributed by atoms with Crippen molar-refractivity contribution in [2.75, 3.05) is 6.61 Å². The molecule has 0 aromatic heterocycles. The lowest BCUT2D eigenvalue weighted by atomic mass is 10.1. The molecule has 0 fully saturated rings. The molecule has 0 aliphatic heterocycles. The summed E-state index contributed by atoms with van der Waals surface area (Å²) in [5, 5.41) is 0.802. The molecule has 66 valence electrons. The minimum absolute atomic E-state index is 0.696. The SMILES string of the molecule is CCOc1ccc(Cl)c(C)c1C. The van der Waals surface area contributed by atoms with Crippen LogP contribution in [0.4, 0.5) is 0 Å². The molecule has 0 N–H and O–H groups in total. The smallest absolute Gasteiger partial charge is 0.122 e. The molecule has 0 saturated carbocycles. The Hall–Kier alpha value is -0.690. The third-order valence-corrected chi connectivity index (χ3v) is 2.38. The molecule has 0 amide bonds. The maximum Gasteiger partial charge on any atom is 0.122 e. The maximum absolute atomic E-state index is 5.93. The lowest BCUT2D eigenvalue weighted by molar-refractivity contribution is 0.337. The normalized spacial score (nSPS) is 10.0. The van der Waals surface area contributed by atoms with E-state index in [2.05, 4.69) is 0 Å². The molecule has 0 unspecified atom stereocenters. The molecular formula is C10H13ClO. The van der Waals surface area contributed by atoms with Crippen molar-refractivity contribution in [1.29, 1.82) is 0 Å².